The van der Waals surface area contributed by atoms with Crippen molar-refractivity contribution in [1.29, 1.82) is 0 Å². The first-order valence-electron chi connectivity index (χ1n) is 8.63. The normalized spacial score (nSPS) is 26.2. The molecule has 1 saturated carbocycles. The minimum atomic E-state index is -0.265. The third-order valence-corrected chi connectivity index (χ3v) is 4.95. The number of carbonyl (C=O) groups excluding carboxylic acids is 1. The fourth-order valence-electron chi connectivity index (χ4n) is 4.04. The molecule has 0 aromatic rings. The molecule has 122 valence electrons. The summed E-state index contributed by atoms with van der Waals surface area (Å²) in [6.45, 7) is 7.29. The van der Waals surface area contributed by atoms with Gasteiger partial charge in [0.15, 0.2) is 0 Å². The first-order valence-corrected chi connectivity index (χ1v) is 8.63. The average Bonchev–Trinajstić information content (AvgIpc) is 2.97. The minimum Gasteiger partial charge on any atom is -0.383 e. The molecule has 1 N–H and O–H groups in total. The van der Waals surface area contributed by atoms with E-state index in [0.29, 0.717) is 18.4 Å². The van der Waals surface area contributed by atoms with Crippen LogP contribution in [0, 0.1) is 5.92 Å². The number of methoxy groups -OCH3 is 1. The standard InChI is InChI=1S/C17H32N2O2/c1-5-8-14(12-21-4)19-15(11-13(2)3)18-17(16(19)20)9-6-7-10-17/h13-15,18H,5-12H2,1-4H3. The van der Waals surface area contributed by atoms with Gasteiger partial charge in [0, 0.05) is 7.11 Å². The summed E-state index contributed by atoms with van der Waals surface area (Å²) in [5.74, 6) is 0.917. The van der Waals surface area contributed by atoms with Crippen LogP contribution in [-0.4, -0.2) is 42.3 Å². The molecule has 1 saturated heterocycles. The zero-order valence-electron chi connectivity index (χ0n) is 14.2. The van der Waals surface area contributed by atoms with E-state index in [1.54, 1.807) is 7.11 Å². The SMILES string of the molecule is CCCC(COC)N1C(=O)C2(CCCC2)NC1CC(C)C. The molecular weight excluding hydrogens is 264 g/mol. The molecular formula is C17H32N2O2. The maximum Gasteiger partial charge on any atom is 0.244 e. The van der Waals surface area contributed by atoms with Gasteiger partial charge in [0.2, 0.25) is 5.91 Å². The lowest BCUT2D eigenvalue weighted by molar-refractivity contribution is -0.136. The Kier molecular flexibility index (Phi) is 5.67. The number of ether oxygens (including phenoxy) is 1. The lowest BCUT2D eigenvalue weighted by Crippen LogP contribution is -2.47. The van der Waals surface area contributed by atoms with Crippen LogP contribution in [0.2, 0.25) is 0 Å². The predicted octanol–water partition coefficient (Wildman–Crippen LogP) is 2.92. The van der Waals surface area contributed by atoms with Crippen LogP contribution in [0.3, 0.4) is 0 Å². The van der Waals surface area contributed by atoms with E-state index in [-0.39, 0.29) is 17.7 Å². The van der Waals surface area contributed by atoms with Gasteiger partial charge in [-0.1, -0.05) is 40.0 Å². The minimum absolute atomic E-state index is 0.183. The van der Waals surface area contributed by atoms with E-state index in [1.807, 2.05) is 0 Å². The summed E-state index contributed by atoms with van der Waals surface area (Å²) < 4.78 is 5.40. The maximum atomic E-state index is 13.1. The number of amides is 1. The highest BCUT2D eigenvalue weighted by molar-refractivity contribution is 5.89. The molecule has 4 heteroatoms. The second-order valence-electron chi connectivity index (χ2n) is 7.19. The number of rotatable bonds is 7. The Balaban J connectivity index is 2.21. The van der Waals surface area contributed by atoms with Crippen molar-refractivity contribution >= 4 is 5.91 Å². The molecule has 1 spiro atoms. The highest BCUT2D eigenvalue weighted by Gasteiger charge is 2.53. The number of nitrogens with zero attached hydrogens (tertiary/aromatic N) is 1. The van der Waals surface area contributed by atoms with Gasteiger partial charge in [-0.3, -0.25) is 10.1 Å². The molecule has 0 bridgehead atoms. The highest BCUT2D eigenvalue weighted by Crippen LogP contribution is 2.39. The van der Waals surface area contributed by atoms with Gasteiger partial charge < -0.3 is 9.64 Å². The van der Waals surface area contributed by atoms with Gasteiger partial charge >= 0.3 is 0 Å². The van der Waals surface area contributed by atoms with Crippen molar-refractivity contribution in [3.05, 3.63) is 0 Å². The Hall–Kier alpha value is -0.610. The van der Waals surface area contributed by atoms with E-state index in [2.05, 4.69) is 31.0 Å². The van der Waals surface area contributed by atoms with Crippen LogP contribution >= 0.6 is 0 Å². The number of hydrogen-bond acceptors (Lipinski definition) is 3. The quantitative estimate of drug-likeness (QED) is 0.785. The van der Waals surface area contributed by atoms with Crippen LogP contribution in [-0.2, 0) is 9.53 Å². The summed E-state index contributed by atoms with van der Waals surface area (Å²) >= 11 is 0. The Morgan fingerprint density at radius 2 is 2.05 bits per heavy atom. The van der Waals surface area contributed by atoms with E-state index < -0.39 is 0 Å². The molecule has 2 aliphatic rings. The summed E-state index contributed by atoms with van der Waals surface area (Å²) in [6.07, 6.45) is 7.66. The monoisotopic (exact) mass is 296 g/mol. The van der Waals surface area contributed by atoms with Crippen LogP contribution in [0.4, 0.5) is 0 Å². The van der Waals surface area contributed by atoms with E-state index in [0.717, 1.165) is 32.1 Å². The van der Waals surface area contributed by atoms with E-state index >= 15 is 0 Å². The smallest absolute Gasteiger partial charge is 0.244 e. The van der Waals surface area contributed by atoms with Crippen LogP contribution in [0.1, 0.15) is 65.7 Å². The van der Waals surface area contributed by atoms with Crippen molar-refractivity contribution in [2.24, 2.45) is 5.92 Å². The summed E-state index contributed by atoms with van der Waals surface area (Å²) in [6, 6.07) is 0.212. The second kappa shape index (κ2) is 7.10. The van der Waals surface area contributed by atoms with Crippen molar-refractivity contribution in [1.82, 2.24) is 10.2 Å². The fraction of sp³-hybridized carbons (Fsp3) is 0.941. The molecule has 1 aliphatic heterocycles. The van der Waals surface area contributed by atoms with Crippen LogP contribution < -0.4 is 5.32 Å². The Morgan fingerprint density at radius 1 is 1.38 bits per heavy atom. The van der Waals surface area contributed by atoms with Gasteiger partial charge in [-0.25, -0.2) is 0 Å². The number of carbonyl (C=O) groups is 1. The Labute approximate surface area is 129 Å². The van der Waals surface area contributed by atoms with Gasteiger partial charge in [0.25, 0.3) is 0 Å². The molecule has 2 unspecified atom stereocenters. The maximum absolute atomic E-state index is 13.1. The molecule has 1 amide bonds. The third kappa shape index (κ3) is 3.42. The molecule has 0 aromatic carbocycles. The summed E-state index contributed by atoms with van der Waals surface area (Å²) in [7, 11) is 1.74. The summed E-state index contributed by atoms with van der Waals surface area (Å²) in [5, 5.41) is 3.72. The zero-order chi connectivity index (χ0) is 15.5. The van der Waals surface area contributed by atoms with Crippen LogP contribution in [0.15, 0.2) is 0 Å². The Bertz CT molecular complexity index is 345. The molecule has 4 nitrogen and oxygen atoms in total. The molecule has 0 aromatic heterocycles. The molecule has 1 heterocycles. The van der Waals surface area contributed by atoms with Crippen molar-refractivity contribution < 1.29 is 9.53 Å². The van der Waals surface area contributed by atoms with Gasteiger partial charge in [-0.05, 0) is 31.6 Å². The van der Waals surface area contributed by atoms with E-state index in [9.17, 15) is 4.79 Å². The topological polar surface area (TPSA) is 41.6 Å². The largest absolute Gasteiger partial charge is 0.383 e. The molecule has 1 aliphatic carbocycles. The van der Waals surface area contributed by atoms with E-state index in [4.69, 9.17) is 4.74 Å². The van der Waals surface area contributed by atoms with Gasteiger partial charge in [-0.15, -0.1) is 0 Å². The van der Waals surface area contributed by atoms with Crippen molar-refractivity contribution in [3.8, 4) is 0 Å². The van der Waals surface area contributed by atoms with Crippen LogP contribution in [0.5, 0.6) is 0 Å². The summed E-state index contributed by atoms with van der Waals surface area (Å²) in [4.78, 5) is 15.3. The number of nitrogens with one attached hydrogen (secondary N) is 1. The molecule has 0 radical (unpaired) electrons. The van der Waals surface area contributed by atoms with Gasteiger partial charge in [-0.2, -0.15) is 0 Å². The molecule has 2 atom stereocenters. The predicted molar refractivity (Wildman–Crippen MR) is 85.0 cm³/mol. The van der Waals surface area contributed by atoms with Crippen molar-refractivity contribution in [2.45, 2.75) is 83.5 Å². The van der Waals surface area contributed by atoms with E-state index in [1.165, 1.54) is 12.8 Å². The average molecular weight is 296 g/mol. The second-order valence-corrected chi connectivity index (χ2v) is 7.19. The first kappa shape index (κ1) is 16.8. The Morgan fingerprint density at radius 3 is 2.57 bits per heavy atom. The van der Waals surface area contributed by atoms with Crippen molar-refractivity contribution in [3.63, 3.8) is 0 Å². The van der Waals surface area contributed by atoms with Gasteiger partial charge in [0.1, 0.15) is 0 Å². The highest BCUT2D eigenvalue weighted by atomic mass is 16.5. The third-order valence-electron chi connectivity index (χ3n) is 4.95. The van der Waals surface area contributed by atoms with Crippen molar-refractivity contribution in [2.75, 3.05) is 13.7 Å². The molecule has 21 heavy (non-hydrogen) atoms. The number of hydrogen-bond donors (Lipinski definition) is 1. The molecule has 2 fully saturated rings. The fourth-order valence-corrected chi connectivity index (χ4v) is 4.04. The van der Waals surface area contributed by atoms with Crippen LogP contribution in [0.25, 0.3) is 0 Å². The first-order chi connectivity index (χ1) is 10.0. The van der Waals surface area contributed by atoms with Gasteiger partial charge in [0.05, 0.1) is 24.4 Å². The molecule has 2 rings (SSSR count). The lowest BCUT2D eigenvalue weighted by atomic mass is 9.97. The summed E-state index contributed by atoms with van der Waals surface area (Å²) in [5.41, 5.74) is -0.265. The zero-order valence-corrected chi connectivity index (χ0v) is 14.2. The lowest BCUT2D eigenvalue weighted by Gasteiger charge is -2.33.